The van der Waals surface area contributed by atoms with E-state index >= 15 is 0 Å². The average Bonchev–Trinajstić information content (AvgIpc) is 2.78. The van der Waals surface area contributed by atoms with Crippen LogP contribution in [0.2, 0.25) is 0 Å². The minimum Gasteiger partial charge on any atom is -0.493 e. The van der Waals surface area contributed by atoms with Gasteiger partial charge < -0.3 is 28.7 Å². The van der Waals surface area contributed by atoms with Gasteiger partial charge in [-0.1, -0.05) is 18.2 Å². The van der Waals surface area contributed by atoms with Crippen molar-refractivity contribution in [2.24, 2.45) is 0 Å². The number of nitrogens with one attached hydrogen (secondary N) is 1. The molecule has 0 unspecified atom stereocenters. The zero-order valence-electron chi connectivity index (χ0n) is 17.3. The summed E-state index contributed by atoms with van der Waals surface area (Å²) in [5, 5.41) is 0. The first kappa shape index (κ1) is 20.8. The predicted molar refractivity (Wildman–Crippen MR) is 109 cm³/mol. The van der Waals surface area contributed by atoms with Crippen molar-refractivity contribution in [2.75, 3.05) is 54.1 Å². The molecule has 1 saturated heterocycles. The Hall–Kier alpha value is -2.93. The molecule has 3 rings (SSSR count). The maximum absolute atomic E-state index is 12.4. The highest BCUT2D eigenvalue weighted by Gasteiger charge is 2.26. The van der Waals surface area contributed by atoms with Gasteiger partial charge in [-0.2, -0.15) is 0 Å². The molecule has 1 fully saturated rings. The number of hydrogen-bond donors (Lipinski definition) is 1. The van der Waals surface area contributed by atoms with Gasteiger partial charge in [0.1, 0.15) is 12.3 Å². The summed E-state index contributed by atoms with van der Waals surface area (Å²) < 4.78 is 22.0. The number of quaternary nitrogens is 1. The van der Waals surface area contributed by atoms with Gasteiger partial charge in [-0.25, -0.2) is 0 Å². The van der Waals surface area contributed by atoms with Crippen molar-refractivity contribution in [2.45, 2.75) is 6.54 Å². The van der Waals surface area contributed by atoms with Gasteiger partial charge >= 0.3 is 0 Å². The fraction of sp³-hybridized carbons (Fsp3) is 0.409. The van der Waals surface area contributed by atoms with E-state index in [1.807, 2.05) is 47.4 Å². The quantitative estimate of drug-likeness (QED) is 0.716. The Kier molecular flexibility index (Phi) is 7.19. The number of methoxy groups -OCH3 is 3. The van der Waals surface area contributed by atoms with Crippen LogP contribution in [0, 0.1) is 0 Å². The minimum atomic E-state index is 0.0246. The van der Waals surface area contributed by atoms with Gasteiger partial charge in [-0.3, -0.25) is 4.79 Å². The fourth-order valence-electron chi connectivity index (χ4n) is 3.57. The Morgan fingerprint density at radius 1 is 0.931 bits per heavy atom. The highest BCUT2D eigenvalue weighted by atomic mass is 16.5. The van der Waals surface area contributed by atoms with Crippen molar-refractivity contribution in [1.82, 2.24) is 4.90 Å². The van der Waals surface area contributed by atoms with Crippen molar-refractivity contribution in [3.05, 3.63) is 48.0 Å². The summed E-state index contributed by atoms with van der Waals surface area (Å²) in [5.74, 6) is 2.70. The summed E-state index contributed by atoms with van der Waals surface area (Å²) in [4.78, 5) is 15.7. The molecule has 0 saturated carbocycles. The monoisotopic (exact) mass is 401 g/mol. The van der Waals surface area contributed by atoms with E-state index in [9.17, 15) is 4.79 Å². The van der Waals surface area contributed by atoms with Gasteiger partial charge in [0.05, 0.1) is 53.1 Å². The average molecular weight is 401 g/mol. The van der Waals surface area contributed by atoms with Gasteiger partial charge in [0, 0.05) is 0 Å². The summed E-state index contributed by atoms with van der Waals surface area (Å²) in [5.41, 5.74) is 1.06. The Morgan fingerprint density at radius 3 is 2.24 bits per heavy atom. The molecule has 1 amide bonds. The first-order valence-corrected chi connectivity index (χ1v) is 9.73. The second-order valence-corrected chi connectivity index (χ2v) is 6.90. The van der Waals surface area contributed by atoms with Gasteiger partial charge in [0.15, 0.2) is 18.1 Å². The lowest BCUT2D eigenvalue weighted by atomic mass is 10.1. The highest BCUT2D eigenvalue weighted by molar-refractivity contribution is 5.77. The number of ether oxygens (including phenoxy) is 4. The van der Waals surface area contributed by atoms with E-state index in [0.29, 0.717) is 36.1 Å². The van der Waals surface area contributed by atoms with Crippen molar-refractivity contribution in [1.29, 1.82) is 0 Å². The fourth-order valence-corrected chi connectivity index (χ4v) is 3.57. The van der Waals surface area contributed by atoms with E-state index in [0.717, 1.165) is 25.2 Å². The molecule has 0 atom stereocenters. The van der Waals surface area contributed by atoms with Crippen LogP contribution in [0.1, 0.15) is 5.56 Å². The number of nitrogens with zero attached hydrogens (tertiary/aromatic N) is 1. The molecule has 1 heterocycles. The first-order chi connectivity index (χ1) is 14.2. The van der Waals surface area contributed by atoms with Crippen LogP contribution in [0.15, 0.2) is 42.5 Å². The van der Waals surface area contributed by atoms with E-state index < -0.39 is 0 Å². The molecular formula is C22H29N2O5+. The standard InChI is InChI=1S/C22H28N2O5/c1-26-19-10-9-17(21(27-2)22(19)28-3)15-23-11-13-24(14-12-23)20(25)16-29-18-7-5-4-6-8-18/h4-10H,11-16H2,1-3H3/p+1. The summed E-state index contributed by atoms with van der Waals surface area (Å²) in [6.07, 6.45) is 0. The molecule has 0 radical (unpaired) electrons. The van der Waals surface area contributed by atoms with Crippen LogP contribution in [-0.2, 0) is 11.3 Å². The number of hydrogen-bond acceptors (Lipinski definition) is 5. The Balaban J connectivity index is 1.54. The lowest BCUT2D eigenvalue weighted by molar-refractivity contribution is -0.917. The third-order valence-electron chi connectivity index (χ3n) is 5.15. The number of piperazine rings is 1. The zero-order valence-corrected chi connectivity index (χ0v) is 17.3. The van der Waals surface area contributed by atoms with Gasteiger partial charge in [0.25, 0.3) is 5.91 Å². The van der Waals surface area contributed by atoms with Crippen molar-refractivity contribution in [3.8, 4) is 23.0 Å². The second kappa shape index (κ2) is 10.0. The number of carbonyl (C=O) groups excluding carboxylic acids is 1. The largest absolute Gasteiger partial charge is 0.493 e. The van der Waals surface area contributed by atoms with Crippen molar-refractivity contribution in [3.63, 3.8) is 0 Å². The summed E-state index contributed by atoms with van der Waals surface area (Å²) in [6, 6.07) is 13.3. The molecule has 1 aliphatic rings. The first-order valence-electron chi connectivity index (χ1n) is 9.73. The normalized spacial score (nSPS) is 14.4. The summed E-state index contributed by atoms with van der Waals surface area (Å²) in [6.45, 7) is 4.03. The Bertz CT molecular complexity index is 804. The van der Waals surface area contributed by atoms with Crippen LogP contribution >= 0.6 is 0 Å². The maximum atomic E-state index is 12.4. The lowest BCUT2D eigenvalue weighted by Crippen LogP contribution is -3.13. The van der Waals surface area contributed by atoms with E-state index in [-0.39, 0.29) is 12.5 Å². The molecule has 1 N–H and O–H groups in total. The molecule has 7 heteroatoms. The predicted octanol–water partition coefficient (Wildman–Crippen LogP) is 1.02. The lowest BCUT2D eigenvalue weighted by Gasteiger charge is -2.32. The maximum Gasteiger partial charge on any atom is 0.260 e. The van der Waals surface area contributed by atoms with Crippen molar-refractivity contribution < 1.29 is 28.6 Å². The molecule has 0 bridgehead atoms. The molecule has 0 spiro atoms. The summed E-state index contributed by atoms with van der Waals surface area (Å²) in [7, 11) is 4.86. The van der Waals surface area contributed by atoms with Crippen LogP contribution in [-0.4, -0.2) is 64.9 Å². The number of amides is 1. The van der Waals surface area contributed by atoms with Gasteiger partial charge in [0.2, 0.25) is 5.75 Å². The Labute approximate surface area is 171 Å². The van der Waals surface area contributed by atoms with E-state index in [1.54, 1.807) is 21.3 Å². The number of benzene rings is 2. The third-order valence-corrected chi connectivity index (χ3v) is 5.15. The number of para-hydroxylation sites is 1. The molecule has 29 heavy (non-hydrogen) atoms. The molecule has 1 aliphatic heterocycles. The summed E-state index contributed by atoms with van der Waals surface area (Å²) >= 11 is 0. The number of rotatable bonds is 8. The topological polar surface area (TPSA) is 61.7 Å². The molecule has 156 valence electrons. The molecule has 0 aliphatic carbocycles. The van der Waals surface area contributed by atoms with Crippen LogP contribution in [0.5, 0.6) is 23.0 Å². The van der Waals surface area contributed by atoms with E-state index in [2.05, 4.69) is 0 Å². The van der Waals surface area contributed by atoms with Gasteiger partial charge in [-0.15, -0.1) is 0 Å². The molecule has 7 nitrogen and oxygen atoms in total. The molecule has 2 aromatic rings. The zero-order chi connectivity index (χ0) is 20.6. The number of carbonyl (C=O) groups is 1. The second-order valence-electron chi connectivity index (χ2n) is 6.90. The van der Waals surface area contributed by atoms with Crippen LogP contribution in [0.4, 0.5) is 0 Å². The SMILES string of the molecule is COc1ccc(C[NH+]2CCN(C(=O)COc3ccccc3)CC2)c(OC)c1OC. The smallest absolute Gasteiger partial charge is 0.260 e. The molecular weight excluding hydrogens is 372 g/mol. The van der Waals surface area contributed by atoms with E-state index in [4.69, 9.17) is 18.9 Å². The van der Waals surface area contributed by atoms with Crippen LogP contribution < -0.4 is 23.8 Å². The highest BCUT2D eigenvalue weighted by Crippen LogP contribution is 2.39. The van der Waals surface area contributed by atoms with E-state index in [1.165, 1.54) is 4.90 Å². The Morgan fingerprint density at radius 2 is 1.62 bits per heavy atom. The molecule has 0 aromatic heterocycles. The minimum absolute atomic E-state index is 0.0246. The van der Waals surface area contributed by atoms with Gasteiger partial charge in [-0.05, 0) is 24.3 Å². The third kappa shape index (κ3) is 5.12. The van der Waals surface area contributed by atoms with Crippen LogP contribution in [0.25, 0.3) is 0 Å². The van der Waals surface area contributed by atoms with Crippen LogP contribution in [0.3, 0.4) is 0 Å². The van der Waals surface area contributed by atoms with Crippen molar-refractivity contribution >= 4 is 5.91 Å². The molecule has 2 aromatic carbocycles.